The van der Waals surface area contributed by atoms with Gasteiger partial charge in [0.05, 0.1) is 47.0 Å². The van der Waals surface area contributed by atoms with E-state index in [0.29, 0.717) is 58.5 Å². The molecule has 11 nitrogen and oxygen atoms in total. The largest absolute Gasteiger partial charge is 0.401 e. The number of anilines is 2. The Balaban J connectivity index is 1.40. The van der Waals surface area contributed by atoms with Gasteiger partial charge in [-0.15, -0.1) is 0 Å². The van der Waals surface area contributed by atoms with Crippen LogP contribution < -0.4 is 27.5 Å². The van der Waals surface area contributed by atoms with E-state index in [1.807, 2.05) is 26.1 Å². The number of aromatic nitrogens is 5. The first kappa shape index (κ1) is 28.6. The van der Waals surface area contributed by atoms with Gasteiger partial charge in [-0.25, -0.2) is 10.8 Å². The molecule has 1 fully saturated rings. The van der Waals surface area contributed by atoms with Crippen molar-refractivity contribution in [2.45, 2.75) is 45.1 Å². The molecule has 1 amide bonds. The number of nitrogens with zero attached hydrogens (tertiary/aromatic N) is 6. The molecule has 0 spiro atoms. The Labute approximate surface area is 254 Å². The third-order valence-electron chi connectivity index (χ3n) is 8.18. The fourth-order valence-electron chi connectivity index (χ4n) is 5.57. The number of halogens is 1. The van der Waals surface area contributed by atoms with Crippen LogP contribution in [0.25, 0.3) is 22.5 Å². The van der Waals surface area contributed by atoms with Crippen LogP contribution in [0.5, 0.6) is 0 Å². The summed E-state index contributed by atoms with van der Waals surface area (Å²) >= 11 is 6.36. The molecule has 2 aliphatic rings. The maximum absolute atomic E-state index is 13.8. The number of aryl methyl sites for hydroxylation is 1. The zero-order valence-corrected chi connectivity index (χ0v) is 24.8. The molecule has 6 rings (SSSR count). The van der Waals surface area contributed by atoms with Crippen molar-refractivity contribution in [3.63, 3.8) is 0 Å². The number of nitrogens with two attached hydrogens (primary N) is 2. The van der Waals surface area contributed by atoms with Gasteiger partial charge in [0, 0.05) is 59.2 Å². The maximum Gasteiger partial charge on any atom is 0.254 e. The molecule has 12 heteroatoms. The SMILES string of the molecule is CC1CCCC(n2cnc(-c3cc(Cl)ccc3N(N)/C=C(\N)C3CC3)cc2=O)c2cc(ccn2)-c2c(cnn2C)NC1=O. The molecule has 43 heavy (non-hydrogen) atoms. The Morgan fingerprint density at radius 2 is 1.93 bits per heavy atom. The van der Waals surface area contributed by atoms with Crippen LogP contribution >= 0.6 is 11.6 Å². The van der Waals surface area contributed by atoms with Gasteiger partial charge in [-0.1, -0.05) is 24.9 Å². The molecule has 1 aromatic carbocycles. The number of nitrogens with one attached hydrogen (secondary N) is 1. The van der Waals surface area contributed by atoms with Gasteiger partial charge in [-0.3, -0.25) is 28.8 Å². The minimum atomic E-state index is -0.397. The molecule has 4 heterocycles. The van der Waals surface area contributed by atoms with Gasteiger partial charge in [0.2, 0.25) is 5.91 Å². The van der Waals surface area contributed by atoms with Crippen LogP contribution in [0.1, 0.15) is 50.8 Å². The number of allylic oxidation sites excluding steroid dienone is 1. The fourth-order valence-corrected chi connectivity index (χ4v) is 5.74. The van der Waals surface area contributed by atoms with Crippen LogP contribution in [0, 0.1) is 11.8 Å². The van der Waals surface area contributed by atoms with Crippen molar-refractivity contribution in [3.8, 4) is 22.5 Å². The number of carbonyl (C=O) groups is 1. The lowest BCUT2D eigenvalue weighted by atomic mass is 9.97. The summed E-state index contributed by atoms with van der Waals surface area (Å²) in [6, 6.07) is 10.2. The molecule has 1 saturated carbocycles. The highest BCUT2D eigenvalue weighted by molar-refractivity contribution is 6.31. The van der Waals surface area contributed by atoms with Crippen LogP contribution in [0.3, 0.4) is 0 Å². The van der Waals surface area contributed by atoms with E-state index < -0.39 is 6.04 Å². The maximum atomic E-state index is 13.8. The van der Waals surface area contributed by atoms with E-state index in [1.54, 1.807) is 52.4 Å². The number of carbonyl (C=O) groups excluding carboxylic acids is 1. The van der Waals surface area contributed by atoms with Gasteiger partial charge in [-0.05, 0) is 56.0 Å². The van der Waals surface area contributed by atoms with E-state index in [-0.39, 0.29) is 17.4 Å². The predicted octanol–water partition coefficient (Wildman–Crippen LogP) is 4.60. The van der Waals surface area contributed by atoms with Crippen LogP contribution in [-0.2, 0) is 11.8 Å². The summed E-state index contributed by atoms with van der Waals surface area (Å²) in [6.07, 6.45) is 10.7. The number of rotatable bonds is 5. The monoisotopic (exact) mass is 599 g/mol. The molecule has 2 atom stereocenters. The smallest absolute Gasteiger partial charge is 0.254 e. The molecule has 0 saturated heterocycles. The van der Waals surface area contributed by atoms with Gasteiger partial charge >= 0.3 is 0 Å². The van der Waals surface area contributed by atoms with E-state index in [9.17, 15) is 9.59 Å². The summed E-state index contributed by atoms with van der Waals surface area (Å²) in [7, 11) is 1.83. The second-order valence-electron chi connectivity index (χ2n) is 11.3. The molecule has 5 N–H and O–H groups in total. The molecule has 222 valence electrons. The first-order chi connectivity index (χ1) is 20.7. The van der Waals surface area contributed by atoms with E-state index in [4.69, 9.17) is 28.2 Å². The zero-order chi connectivity index (χ0) is 30.2. The highest BCUT2D eigenvalue weighted by Gasteiger charge is 2.26. The Hall–Kier alpha value is -4.48. The highest BCUT2D eigenvalue weighted by Crippen LogP contribution is 2.36. The van der Waals surface area contributed by atoms with Crippen molar-refractivity contribution < 1.29 is 4.79 Å². The van der Waals surface area contributed by atoms with Crippen molar-refractivity contribution in [3.05, 3.63) is 88.1 Å². The summed E-state index contributed by atoms with van der Waals surface area (Å²) in [6.45, 7) is 1.91. The van der Waals surface area contributed by atoms with Crippen molar-refractivity contribution in [1.29, 1.82) is 0 Å². The normalized spacial score (nSPS) is 19.2. The lowest BCUT2D eigenvalue weighted by molar-refractivity contribution is -0.119. The minimum absolute atomic E-state index is 0.0659. The van der Waals surface area contributed by atoms with E-state index >= 15 is 0 Å². The summed E-state index contributed by atoms with van der Waals surface area (Å²) in [5, 5.41) is 9.34. The van der Waals surface area contributed by atoms with Gasteiger partial charge in [0.25, 0.3) is 5.56 Å². The summed E-state index contributed by atoms with van der Waals surface area (Å²) in [5.74, 6) is 6.45. The van der Waals surface area contributed by atoms with E-state index in [1.165, 1.54) is 11.1 Å². The molecular formula is C31H34ClN9O2. The predicted molar refractivity (Wildman–Crippen MR) is 167 cm³/mol. The third-order valence-corrected chi connectivity index (χ3v) is 8.41. The van der Waals surface area contributed by atoms with Crippen LogP contribution in [-0.4, -0.2) is 30.2 Å². The number of pyridine rings is 1. The molecule has 1 aliphatic heterocycles. The zero-order valence-electron chi connectivity index (χ0n) is 24.1. The Morgan fingerprint density at radius 3 is 2.70 bits per heavy atom. The number of hydrazine groups is 1. The molecule has 4 aromatic rings. The Bertz CT molecular complexity index is 1780. The molecular weight excluding hydrogens is 566 g/mol. The van der Waals surface area contributed by atoms with Gasteiger partial charge < -0.3 is 11.1 Å². The standard InChI is InChI=1S/C31H34ClN9O2/c1-18-4-3-5-28(25-12-20(10-11-35-25)30-26(38-31(18)43)15-37-39(30)2)40-17-36-24(14-29(40)42)22-13-21(32)8-9-27(22)41(34)16-23(33)19-6-7-19/h8-19,28H,3-7,33-34H2,1-2H3,(H,38,43)/b23-16-. The number of hydrogen-bond acceptors (Lipinski definition) is 8. The average molecular weight is 600 g/mol. The number of hydrogen-bond donors (Lipinski definition) is 3. The van der Waals surface area contributed by atoms with Crippen LogP contribution in [0.2, 0.25) is 5.02 Å². The average Bonchev–Trinajstić information content (AvgIpc) is 3.78. The molecule has 2 unspecified atom stereocenters. The number of amides is 1. The van der Waals surface area contributed by atoms with Gasteiger partial charge in [0.15, 0.2) is 0 Å². The summed E-state index contributed by atoms with van der Waals surface area (Å²) in [4.78, 5) is 36.1. The third kappa shape index (κ3) is 5.91. The summed E-state index contributed by atoms with van der Waals surface area (Å²) in [5.41, 5.74) is 11.3. The highest BCUT2D eigenvalue weighted by atomic mass is 35.5. The summed E-state index contributed by atoms with van der Waals surface area (Å²) < 4.78 is 3.32. The Kier molecular flexibility index (Phi) is 7.76. The molecule has 1 aliphatic carbocycles. The van der Waals surface area contributed by atoms with Crippen molar-refractivity contribution >= 4 is 28.9 Å². The topological polar surface area (TPSA) is 150 Å². The fraction of sp³-hybridized carbons (Fsp3) is 0.323. The second kappa shape index (κ2) is 11.7. The van der Waals surface area contributed by atoms with Crippen LogP contribution in [0.15, 0.2) is 71.8 Å². The van der Waals surface area contributed by atoms with Crippen LogP contribution in [0.4, 0.5) is 11.4 Å². The van der Waals surface area contributed by atoms with Crippen molar-refractivity contribution in [1.82, 2.24) is 24.3 Å². The van der Waals surface area contributed by atoms with Crippen molar-refractivity contribution in [2.75, 3.05) is 10.3 Å². The quantitative estimate of drug-likeness (QED) is 0.222. The van der Waals surface area contributed by atoms with Crippen molar-refractivity contribution in [2.24, 2.45) is 30.5 Å². The van der Waals surface area contributed by atoms with Gasteiger partial charge in [0.1, 0.15) is 0 Å². The first-order valence-electron chi connectivity index (χ1n) is 14.4. The second-order valence-corrected chi connectivity index (χ2v) is 11.8. The molecule has 3 aromatic heterocycles. The van der Waals surface area contributed by atoms with E-state index in [2.05, 4.69) is 15.4 Å². The Morgan fingerprint density at radius 1 is 1.12 bits per heavy atom. The first-order valence-corrected chi connectivity index (χ1v) is 14.8. The van der Waals surface area contributed by atoms with Gasteiger partial charge in [-0.2, -0.15) is 5.10 Å². The molecule has 0 radical (unpaired) electrons. The molecule has 2 bridgehead atoms. The number of fused-ring (bicyclic) bond motifs is 4. The minimum Gasteiger partial charge on any atom is -0.401 e. The van der Waals surface area contributed by atoms with E-state index in [0.717, 1.165) is 29.8 Å². The number of benzene rings is 1. The lowest BCUT2D eigenvalue weighted by Gasteiger charge is -2.23. The lowest BCUT2D eigenvalue weighted by Crippen LogP contribution is -2.28.